The van der Waals surface area contributed by atoms with E-state index in [0.717, 1.165) is 77.7 Å². The second-order valence-corrected chi connectivity index (χ2v) is 10.7. The number of hydrogen-bond acceptors (Lipinski definition) is 5. The van der Waals surface area contributed by atoms with Crippen LogP contribution in [0.2, 0.25) is 0 Å². The Morgan fingerprint density at radius 2 is 1.77 bits per heavy atom. The van der Waals surface area contributed by atoms with Crippen molar-refractivity contribution in [2.75, 3.05) is 6.61 Å². The van der Waals surface area contributed by atoms with Gasteiger partial charge < -0.3 is 14.9 Å². The van der Waals surface area contributed by atoms with Gasteiger partial charge in [-0.15, -0.1) is 5.10 Å². The molecule has 0 saturated heterocycles. The van der Waals surface area contributed by atoms with E-state index in [4.69, 9.17) is 4.74 Å². The lowest BCUT2D eigenvalue weighted by atomic mass is 9.68. The van der Waals surface area contributed by atoms with Crippen molar-refractivity contribution >= 4 is 17.0 Å². The van der Waals surface area contributed by atoms with Crippen LogP contribution in [0.3, 0.4) is 0 Å². The number of hydrogen-bond donors (Lipinski definition) is 2. The molecular formula is C33H41N3O4. The Hall–Kier alpha value is -3.55. The first-order valence-corrected chi connectivity index (χ1v) is 14.3. The molecule has 0 fully saturated rings. The molecule has 2 N–H and O–H groups in total. The van der Waals surface area contributed by atoms with E-state index in [2.05, 4.69) is 22.4 Å². The quantitative estimate of drug-likeness (QED) is 0.166. The smallest absolute Gasteiger partial charge is 0.304 e. The van der Waals surface area contributed by atoms with Gasteiger partial charge in [0.2, 0.25) is 0 Å². The minimum Gasteiger partial charge on any atom is -0.481 e. The molecule has 1 heterocycles. The number of ether oxygens (including phenoxy) is 1. The predicted molar refractivity (Wildman–Crippen MR) is 157 cm³/mol. The number of aliphatic carboxylic acids is 1. The van der Waals surface area contributed by atoms with E-state index in [1.165, 1.54) is 5.56 Å². The van der Waals surface area contributed by atoms with Crippen LogP contribution in [0.15, 0.2) is 60.7 Å². The number of nitrogens with zero attached hydrogens (tertiary/aromatic N) is 3. The van der Waals surface area contributed by atoms with Crippen LogP contribution in [-0.4, -0.2) is 37.8 Å². The minimum absolute atomic E-state index is 0.0486. The van der Waals surface area contributed by atoms with Crippen LogP contribution in [0.5, 0.6) is 0 Å². The summed E-state index contributed by atoms with van der Waals surface area (Å²) in [6.45, 7) is 8.11. The fourth-order valence-corrected chi connectivity index (χ4v) is 5.70. The van der Waals surface area contributed by atoms with Crippen molar-refractivity contribution in [3.8, 4) is 0 Å². The zero-order valence-corrected chi connectivity index (χ0v) is 23.9. The summed E-state index contributed by atoms with van der Waals surface area (Å²) < 4.78 is 7.75. The number of aryl methyl sites for hydroxylation is 3. The maximum Gasteiger partial charge on any atom is 0.304 e. The van der Waals surface area contributed by atoms with Crippen LogP contribution < -0.4 is 0 Å². The normalized spacial score (nSPS) is 13.0. The lowest BCUT2D eigenvalue weighted by molar-refractivity contribution is -0.138. The number of fused-ring (bicyclic) bond motifs is 1. The Labute approximate surface area is 236 Å². The van der Waals surface area contributed by atoms with Crippen molar-refractivity contribution in [3.05, 3.63) is 94.0 Å². The minimum atomic E-state index is -0.860. The highest BCUT2D eigenvalue weighted by atomic mass is 16.5. The highest BCUT2D eigenvalue weighted by Gasteiger charge is 2.37. The highest BCUT2D eigenvalue weighted by molar-refractivity contribution is 5.81. The van der Waals surface area contributed by atoms with Crippen molar-refractivity contribution < 1.29 is 19.7 Å². The zero-order chi connectivity index (χ0) is 28.5. The number of benzene rings is 3. The summed E-state index contributed by atoms with van der Waals surface area (Å²) in [6.07, 6.45) is 4.78. The molecule has 40 heavy (non-hydrogen) atoms. The van der Waals surface area contributed by atoms with E-state index < -0.39 is 11.4 Å². The van der Waals surface area contributed by atoms with Gasteiger partial charge in [-0.2, -0.15) is 0 Å². The van der Waals surface area contributed by atoms with Crippen LogP contribution in [0.25, 0.3) is 11.0 Å². The Balaban J connectivity index is 1.44. The van der Waals surface area contributed by atoms with Crippen molar-refractivity contribution in [2.45, 2.75) is 84.5 Å². The van der Waals surface area contributed by atoms with Crippen LogP contribution in [0.1, 0.15) is 78.8 Å². The first kappa shape index (κ1) is 29.4. The van der Waals surface area contributed by atoms with Gasteiger partial charge in [-0.3, -0.25) is 4.79 Å². The summed E-state index contributed by atoms with van der Waals surface area (Å²) in [5, 5.41) is 28.8. The standard InChI is InChI=1S/C33H41N3O4/c1-4-33(21-31(38)39,28-15-14-24(2)27(20-28)22-37)29-16-17-30-32(25(29)3)34-35-36(30)18-10-5-6-11-19-40-23-26-12-8-7-9-13-26/h7-9,12-17,20,37H,4-6,10-11,18-19,21-23H2,1-3H3,(H,38,39). The van der Waals surface area contributed by atoms with Gasteiger partial charge in [-0.25, -0.2) is 4.68 Å². The van der Waals surface area contributed by atoms with Gasteiger partial charge in [0.05, 0.1) is 25.2 Å². The molecule has 0 radical (unpaired) electrons. The number of aliphatic hydroxyl groups is 1. The van der Waals surface area contributed by atoms with Gasteiger partial charge in [0, 0.05) is 18.6 Å². The average Bonchev–Trinajstić information content (AvgIpc) is 3.38. The van der Waals surface area contributed by atoms with Gasteiger partial charge in [0.1, 0.15) is 5.52 Å². The molecule has 0 aliphatic rings. The Bertz CT molecular complexity index is 1420. The van der Waals surface area contributed by atoms with E-state index in [-0.39, 0.29) is 13.0 Å². The number of carbonyl (C=O) groups is 1. The van der Waals surface area contributed by atoms with Gasteiger partial charge >= 0.3 is 5.97 Å². The fourth-order valence-electron chi connectivity index (χ4n) is 5.70. The SMILES string of the molecule is CCC(CC(=O)O)(c1ccc(C)c(CO)c1)c1ccc2c(nnn2CCCCCCOCc2ccccc2)c1C. The van der Waals surface area contributed by atoms with E-state index in [0.29, 0.717) is 13.0 Å². The maximum atomic E-state index is 12.1. The lowest BCUT2D eigenvalue weighted by Gasteiger charge is -2.34. The summed E-state index contributed by atoms with van der Waals surface area (Å²) in [6, 6.07) is 20.2. The monoisotopic (exact) mass is 543 g/mol. The third kappa shape index (κ3) is 6.60. The van der Waals surface area contributed by atoms with Crippen LogP contribution >= 0.6 is 0 Å². The molecular weight excluding hydrogens is 502 g/mol. The van der Waals surface area contributed by atoms with Crippen molar-refractivity contribution in [2.24, 2.45) is 0 Å². The molecule has 4 aromatic rings. The molecule has 0 aliphatic heterocycles. The molecule has 7 heteroatoms. The molecule has 1 atom stereocenters. The van der Waals surface area contributed by atoms with Crippen molar-refractivity contribution in [3.63, 3.8) is 0 Å². The molecule has 1 unspecified atom stereocenters. The summed E-state index contributed by atoms with van der Waals surface area (Å²) in [5.41, 5.74) is 6.83. The molecule has 0 spiro atoms. The van der Waals surface area contributed by atoms with Gasteiger partial charge in [0.25, 0.3) is 0 Å². The molecule has 0 saturated carbocycles. The highest BCUT2D eigenvalue weighted by Crippen LogP contribution is 2.42. The second-order valence-electron chi connectivity index (χ2n) is 10.7. The van der Waals surface area contributed by atoms with E-state index >= 15 is 0 Å². The number of aliphatic hydroxyl groups excluding tert-OH is 1. The number of unbranched alkanes of at least 4 members (excludes halogenated alkanes) is 3. The molecule has 0 amide bonds. The summed E-state index contributed by atoms with van der Waals surface area (Å²) in [7, 11) is 0. The Kier molecular flexibility index (Phi) is 10.1. The van der Waals surface area contributed by atoms with E-state index in [1.807, 2.05) is 74.0 Å². The number of carboxylic acid groups (broad SMARTS) is 1. The summed E-state index contributed by atoms with van der Waals surface area (Å²) in [4.78, 5) is 12.1. The van der Waals surface area contributed by atoms with Crippen LogP contribution in [0, 0.1) is 13.8 Å². The number of aromatic nitrogens is 3. The van der Waals surface area contributed by atoms with Gasteiger partial charge in [-0.05, 0) is 72.6 Å². The molecule has 212 valence electrons. The lowest BCUT2D eigenvalue weighted by Crippen LogP contribution is -2.31. The maximum absolute atomic E-state index is 12.1. The van der Waals surface area contributed by atoms with Crippen molar-refractivity contribution in [1.29, 1.82) is 0 Å². The third-order valence-corrected chi connectivity index (χ3v) is 8.10. The molecule has 1 aromatic heterocycles. The molecule has 4 rings (SSSR count). The van der Waals surface area contributed by atoms with Crippen LogP contribution in [0.4, 0.5) is 0 Å². The third-order valence-electron chi connectivity index (χ3n) is 8.10. The van der Waals surface area contributed by atoms with E-state index in [1.54, 1.807) is 0 Å². The van der Waals surface area contributed by atoms with Gasteiger partial charge in [0.15, 0.2) is 0 Å². The summed E-state index contributed by atoms with van der Waals surface area (Å²) >= 11 is 0. The largest absolute Gasteiger partial charge is 0.481 e. The fraction of sp³-hybridized carbons (Fsp3) is 0.424. The molecule has 7 nitrogen and oxygen atoms in total. The second kappa shape index (κ2) is 13.7. The summed E-state index contributed by atoms with van der Waals surface area (Å²) in [5.74, 6) is -0.860. The average molecular weight is 544 g/mol. The molecule has 0 aliphatic carbocycles. The first-order chi connectivity index (χ1) is 19.4. The predicted octanol–water partition coefficient (Wildman–Crippen LogP) is 6.49. The van der Waals surface area contributed by atoms with Crippen molar-refractivity contribution in [1.82, 2.24) is 15.0 Å². The topological polar surface area (TPSA) is 97.5 Å². The van der Waals surface area contributed by atoms with E-state index in [9.17, 15) is 15.0 Å². The Morgan fingerprint density at radius 3 is 2.50 bits per heavy atom. The molecule has 0 bridgehead atoms. The Morgan fingerprint density at radius 1 is 1.00 bits per heavy atom. The van der Waals surface area contributed by atoms with Gasteiger partial charge in [-0.1, -0.05) is 79.6 Å². The first-order valence-electron chi connectivity index (χ1n) is 14.3. The van der Waals surface area contributed by atoms with Crippen LogP contribution in [-0.2, 0) is 34.7 Å². The zero-order valence-electron chi connectivity index (χ0n) is 23.9. The number of rotatable bonds is 15. The molecule has 3 aromatic carbocycles. The number of carboxylic acids is 1.